The molecule has 0 atom stereocenters. The summed E-state index contributed by atoms with van der Waals surface area (Å²) >= 11 is 6.01. The van der Waals surface area contributed by atoms with Crippen molar-refractivity contribution in [3.63, 3.8) is 0 Å². The van der Waals surface area contributed by atoms with Crippen molar-refractivity contribution >= 4 is 39.0 Å². The van der Waals surface area contributed by atoms with Crippen LogP contribution in [0.5, 0.6) is 0 Å². The predicted octanol–water partition coefficient (Wildman–Crippen LogP) is 2.85. The second kappa shape index (κ2) is 7.67. The predicted molar refractivity (Wildman–Crippen MR) is 94.7 cm³/mol. The molecule has 0 saturated heterocycles. The van der Waals surface area contributed by atoms with Gasteiger partial charge in [0.1, 0.15) is 0 Å². The van der Waals surface area contributed by atoms with E-state index in [0.717, 1.165) is 11.8 Å². The summed E-state index contributed by atoms with van der Waals surface area (Å²) in [7, 11) is -3.59. The highest BCUT2D eigenvalue weighted by Crippen LogP contribution is 2.22. The first-order valence-electron chi connectivity index (χ1n) is 7.20. The van der Waals surface area contributed by atoms with E-state index in [1.165, 1.54) is 24.3 Å². The molecule has 0 fully saturated rings. The van der Waals surface area contributed by atoms with Gasteiger partial charge >= 0.3 is 5.97 Å². The van der Waals surface area contributed by atoms with Crippen molar-refractivity contribution in [2.24, 2.45) is 0 Å². The average Bonchev–Trinajstić information content (AvgIpc) is 2.54. The summed E-state index contributed by atoms with van der Waals surface area (Å²) in [6.45, 7) is 1.29. The Morgan fingerprint density at radius 3 is 2.48 bits per heavy atom. The number of ether oxygens (including phenoxy) is 1. The highest BCUT2D eigenvalue weighted by atomic mass is 35.5. The van der Waals surface area contributed by atoms with Crippen molar-refractivity contribution in [2.75, 3.05) is 18.2 Å². The Balaban J connectivity index is 2.04. The van der Waals surface area contributed by atoms with Gasteiger partial charge < -0.3 is 10.1 Å². The fraction of sp³-hybridized carbons (Fsp3) is 0.176. The number of nitrogens with one attached hydrogen (secondary N) is 1. The first-order valence-corrected chi connectivity index (χ1v) is 9.47. The Kier molecular flexibility index (Phi) is 5.81. The monoisotopic (exact) mass is 381 g/mol. The third-order valence-corrected chi connectivity index (χ3v) is 4.71. The van der Waals surface area contributed by atoms with Crippen LogP contribution in [-0.2, 0) is 19.4 Å². The lowest BCUT2D eigenvalue weighted by atomic mass is 10.2. The Hall–Kier alpha value is -2.38. The molecule has 2 aromatic carbocycles. The second-order valence-corrected chi connectivity index (χ2v) is 7.77. The molecule has 0 radical (unpaired) electrons. The summed E-state index contributed by atoms with van der Waals surface area (Å²) in [5.41, 5.74) is 1.21. The maximum atomic E-state index is 12.1. The molecule has 6 nitrogen and oxygen atoms in total. The Morgan fingerprint density at radius 1 is 1.16 bits per heavy atom. The van der Waals surface area contributed by atoms with Crippen LogP contribution < -0.4 is 5.32 Å². The van der Waals surface area contributed by atoms with Gasteiger partial charge in [0.25, 0.3) is 5.91 Å². The lowest BCUT2D eigenvalue weighted by Crippen LogP contribution is -2.22. The van der Waals surface area contributed by atoms with E-state index < -0.39 is 28.3 Å². The van der Waals surface area contributed by atoms with Crippen molar-refractivity contribution in [1.29, 1.82) is 0 Å². The third-order valence-electron chi connectivity index (χ3n) is 3.24. The van der Waals surface area contributed by atoms with Gasteiger partial charge in [0.15, 0.2) is 16.4 Å². The molecular formula is C17H16ClNO5S. The van der Waals surface area contributed by atoms with Gasteiger partial charge in [0, 0.05) is 6.26 Å². The zero-order valence-corrected chi connectivity index (χ0v) is 15.1. The van der Waals surface area contributed by atoms with E-state index in [1.807, 2.05) is 6.92 Å². The molecule has 1 N–H and O–H groups in total. The van der Waals surface area contributed by atoms with Gasteiger partial charge in [-0.1, -0.05) is 29.8 Å². The Morgan fingerprint density at radius 2 is 1.84 bits per heavy atom. The summed E-state index contributed by atoms with van der Waals surface area (Å²) in [5.74, 6) is -1.48. The number of rotatable bonds is 5. The van der Waals surface area contributed by atoms with Gasteiger partial charge in [-0.15, -0.1) is 0 Å². The number of anilines is 1. The topological polar surface area (TPSA) is 89.5 Å². The van der Waals surface area contributed by atoms with Gasteiger partial charge in [-0.25, -0.2) is 13.2 Å². The van der Waals surface area contributed by atoms with Crippen LogP contribution in [0.2, 0.25) is 5.02 Å². The van der Waals surface area contributed by atoms with Crippen LogP contribution in [0.4, 0.5) is 5.69 Å². The number of carbonyl (C=O) groups is 2. The maximum Gasteiger partial charge on any atom is 0.339 e. The number of benzene rings is 2. The molecule has 1 amide bonds. The number of aryl methyl sites for hydroxylation is 1. The van der Waals surface area contributed by atoms with E-state index in [-0.39, 0.29) is 10.5 Å². The standard InChI is InChI=1S/C17H16ClNO5S/c1-11-7-8-14(13(18)9-11)19-16(20)10-24-17(21)12-5-3-4-6-15(12)25(2,22)23/h3-9H,10H2,1-2H3,(H,19,20). The van der Waals surface area contributed by atoms with Crippen molar-refractivity contribution in [3.05, 3.63) is 58.6 Å². The molecule has 0 spiro atoms. The summed E-state index contributed by atoms with van der Waals surface area (Å²) in [6, 6.07) is 10.7. The van der Waals surface area contributed by atoms with Gasteiger partial charge in [-0.2, -0.15) is 0 Å². The molecule has 25 heavy (non-hydrogen) atoms. The molecule has 0 heterocycles. The quantitative estimate of drug-likeness (QED) is 0.804. The Bertz CT molecular complexity index is 924. The molecule has 0 aliphatic rings. The number of carbonyl (C=O) groups excluding carboxylic acids is 2. The minimum absolute atomic E-state index is 0.119. The zero-order chi connectivity index (χ0) is 18.6. The second-order valence-electron chi connectivity index (χ2n) is 5.38. The number of halogens is 1. The molecule has 8 heteroatoms. The lowest BCUT2D eigenvalue weighted by Gasteiger charge is -2.10. The van der Waals surface area contributed by atoms with Gasteiger partial charge in [-0.3, -0.25) is 4.79 Å². The van der Waals surface area contributed by atoms with Crippen LogP contribution in [0.1, 0.15) is 15.9 Å². The van der Waals surface area contributed by atoms with E-state index in [1.54, 1.807) is 18.2 Å². The normalized spacial score (nSPS) is 11.0. The molecule has 0 bridgehead atoms. The summed E-state index contributed by atoms with van der Waals surface area (Å²) in [6.07, 6.45) is 0.991. The Labute approximate surface area is 150 Å². The van der Waals surface area contributed by atoms with Crippen LogP contribution in [0, 0.1) is 6.92 Å². The van der Waals surface area contributed by atoms with Crippen molar-refractivity contribution < 1.29 is 22.7 Å². The molecule has 0 aromatic heterocycles. The van der Waals surface area contributed by atoms with Gasteiger partial charge in [0.05, 0.1) is 21.2 Å². The summed E-state index contributed by atoms with van der Waals surface area (Å²) in [5, 5.41) is 2.89. The summed E-state index contributed by atoms with van der Waals surface area (Å²) in [4.78, 5) is 23.8. The number of esters is 1. The van der Waals surface area contributed by atoms with E-state index in [4.69, 9.17) is 16.3 Å². The lowest BCUT2D eigenvalue weighted by molar-refractivity contribution is -0.119. The average molecular weight is 382 g/mol. The van der Waals surface area contributed by atoms with Crippen LogP contribution in [0.15, 0.2) is 47.4 Å². The highest BCUT2D eigenvalue weighted by Gasteiger charge is 2.20. The number of sulfone groups is 1. The smallest absolute Gasteiger partial charge is 0.339 e. The molecule has 2 rings (SSSR count). The minimum Gasteiger partial charge on any atom is -0.452 e. The fourth-order valence-electron chi connectivity index (χ4n) is 2.08. The molecule has 0 saturated carbocycles. The van der Waals surface area contributed by atoms with Crippen LogP contribution >= 0.6 is 11.6 Å². The van der Waals surface area contributed by atoms with Crippen molar-refractivity contribution in [3.8, 4) is 0 Å². The third kappa shape index (κ3) is 5.04. The van der Waals surface area contributed by atoms with Crippen LogP contribution in [0.3, 0.4) is 0 Å². The number of hydrogen-bond donors (Lipinski definition) is 1. The molecular weight excluding hydrogens is 366 g/mol. The van der Waals surface area contributed by atoms with Gasteiger partial charge in [0.2, 0.25) is 0 Å². The molecule has 0 aliphatic carbocycles. The van der Waals surface area contributed by atoms with Crippen molar-refractivity contribution in [1.82, 2.24) is 0 Å². The fourth-order valence-corrected chi connectivity index (χ4v) is 3.23. The van der Waals surface area contributed by atoms with Gasteiger partial charge in [-0.05, 0) is 36.8 Å². The first-order chi connectivity index (χ1) is 11.7. The molecule has 0 unspecified atom stereocenters. The van der Waals surface area contributed by atoms with E-state index in [2.05, 4.69) is 5.32 Å². The first kappa shape index (κ1) is 19.0. The largest absolute Gasteiger partial charge is 0.452 e. The number of amides is 1. The van der Waals surface area contributed by atoms with Crippen LogP contribution in [0.25, 0.3) is 0 Å². The molecule has 2 aromatic rings. The van der Waals surface area contributed by atoms with Crippen molar-refractivity contribution in [2.45, 2.75) is 11.8 Å². The zero-order valence-electron chi connectivity index (χ0n) is 13.6. The number of hydrogen-bond acceptors (Lipinski definition) is 5. The minimum atomic E-state index is -3.59. The summed E-state index contributed by atoms with van der Waals surface area (Å²) < 4.78 is 28.3. The highest BCUT2D eigenvalue weighted by molar-refractivity contribution is 7.90. The maximum absolute atomic E-state index is 12.1. The van der Waals surface area contributed by atoms with Crippen LogP contribution in [-0.4, -0.2) is 33.2 Å². The SMILES string of the molecule is Cc1ccc(NC(=O)COC(=O)c2ccccc2S(C)(=O)=O)c(Cl)c1. The molecule has 0 aliphatic heterocycles. The van der Waals surface area contributed by atoms with E-state index in [0.29, 0.717) is 10.7 Å². The van der Waals surface area contributed by atoms with E-state index >= 15 is 0 Å². The van der Waals surface area contributed by atoms with E-state index in [9.17, 15) is 18.0 Å². The molecule has 132 valence electrons.